The van der Waals surface area contributed by atoms with Crippen molar-refractivity contribution >= 4 is 29.8 Å². The lowest BCUT2D eigenvalue weighted by Gasteiger charge is -2.19. The molecule has 1 aromatic rings. The summed E-state index contributed by atoms with van der Waals surface area (Å²) in [6.45, 7) is 5.60. The van der Waals surface area contributed by atoms with Crippen molar-refractivity contribution in [2.24, 2.45) is 0 Å². The number of esters is 5. The van der Waals surface area contributed by atoms with Crippen molar-refractivity contribution < 1.29 is 62.2 Å². The third-order valence-electron chi connectivity index (χ3n) is 6.27. The van der Waals surface area contributed by atoms with Crippen molar-refractivity contribution in [2.45, 2.75) is 78.8 Å². The number of hydrogen-bond donors (Lipinski definition) is 1. The molecular weight excluding hydrogens is 556 g/mol. The second kappa shape index (κ2) is 16.5. The number of aliphatic hydroxyl groups is 1. The number of cyclic esters (lactones) is 1. The highest BCUT2D eigenvalue weighted by atomic mass is 16.6. The molecule has 0 saturated carbocycles. The number of fused-ring (bicyclic) bond motifs is 1. The number of carbonyl (C=O) groups is 5. The smallest absolute Gasteiger partial charge is 0.342 e. The predicted molar refractivity (Wildman–Crippen MR) is 145 cm³/mol. The molecule has 0 bridgehead atoms. The van der Waals surface area contributed by atoms with Crippen LogP contribution in [-0.2, 0) is 55.9 Å². The van der Waals surface area contributed by atoms with Gasteiger partial charge < -0.3 is 38.3 Å². The summed E-state index contributed by atoms with van der Waals surface area (Å²) in [5, 5.41) is 9.32. The average Bonchev–Trinajstić information content (AvgIpc) is 3.33. The molecule has 0 aromatic heterocycles. The number of benzene rings is 1. The molecule has 2 atom stereocenters. The van der Waals surface area contributed by atoms with E-state index in [-0.39, 0.29) is 56.4 Å². The lowest BCUT2D eigenvalue weighted by atomic mass is 9.94. The van der Waals surface area contributed by atoms with Crippen LogP contribution < -0.4 is 9.47 Å². The van der Waals surface area contributed by atoms with Gasteiger partial charge in [-0.05, 0) is 39.2 Å². The van der Waals surface area contributed by atoms with Crippen molar-refractivity contribution in [3.8, 4) is 11.5 Å². The van der Waals surface area contributed by atoms with Gasteiger partial charge in [-0.2, -0.15) is 0 Å². The van der Waals surface area contributed by atoms with Crippen molar-refractivity contribution in [3.63, 3.8) is 0 Å². The standard InChI is InChI=1S/C29H38O13/c1-16(8-10-23(32)36-5)7-9-21-27(37-6)17(2)22-15-40-29(35)26(22)28(21)42-25(34)12-11-24(33)41-20(13-38-18(3)30)14-39-19(4)31/h7,18,20,30H,8-15H2,1-6H3/b16-7+. The van der Waals surface area contributed by atoms with E-state index >= 15 is 0 Å². The normalized spacial score (nSPS) is 13.9. The van der Waals surface area contributed by atoms with Crippen LogP contribution in [0.2, 0.25) is 0 Å². The van der Waals surface area contributed by atoms with E-state index in [4.69, 9.17) is 28.4 Å². The fourth-order valence-corrected chi connectivity index (χ4v) is 4.09. The zero-order valence-electron chi connectivity index (χ0n) is 24.7. The largest absolute Gasteiger partial charge is 0.496 e. The van der Waals surface area contributed by atoms with Gasteiger partial charge in [0, 0.05) is 24.5 Å². The minimum Gasteiger partial charge on any atom is -0.496 e. The molecule has 1 aliphatic rings. The van der Waals surface area contributed by atoms with E-state index in [2.05, 4.69) is 4.74 Å². The van der Waals surface area contributed by atoms with Crippen LogP contribution in [0.4, 0.5) is 0 Å². The molecular formula is C29H38O13. The Bertz CT molecular complexity index is 1200. The van der Waals surface area contributed by atoms with Gasteiger partial charge in [0.2, 0.25) is 0 Å². The third-order valence-corrected chi connectivity index (χ3v) is 6.27. The zero-order valence-corrected chi connectivity index (χ0v) is 24.7. The van der Waals surface area contributed by atoms with Crippen LogP contribution in [0, 0.1) is 6.92 Å². The van der Waals surface area contributed by atoms with Crippen LogP contribution in [0.5, 0.6) is 11.5 Å². The van der Waals surface area contributed by atoms with Crippen molar-refractivity contribution in [1.82, 2.24) is 0 Å². The maximum absolute atomic E-state index is 12.9. The third kappa shape index (κ3) is 10.1. The first-order chi connectivity index (χ1) is 19.9. The highest BCUT2D eigenvalue weighted by Gasteiger charge is 2.34. The topological polar surface area (TPSA) is 170 Å². The first-order valence-corrected chi connectivity index (χ1v) is 13.3. The molecule has 0 radical (unpaired) electrons. The van der Waals surface area contributed by atoms with Gasteiger partial charge in [-0.25, -0.2) is 4.79 Å². The second-order valence-corrected chi connectivity index (χ2v) is 9.55. The summed E-state index contributed by atoms with van der Waals surface area (Å²) in [7, 11) is 2.77. The summed E-state index contributed by atoms with van der Waals surface area (Å²) in [6.07, 6.45) is -0.254. The lowest BCUT2D eigenvalue weighted by Crippen LogP contribution is -2.31. The van der Waals surface area contributed by atoms with Gasteiger partial charge in [0.15, 0.2) is 18.1 Å². The molecule has 1 aromatic carbocycles. The summed E-state index contributed by atoms with van der Waals surface area (Å²) >= 11 is 0. The molecule has 1 aliphatic heterocycles. The van der Waals surface area contributed by atoms with Crippen LogP contribution in [0.25, 0.3) is 0 Å². The van der Waals surface area contributed by atoms with E-state index in [1.54, 1.807) is 6.92 Å². The summed E-state index contributed by atoms with van der Waals surface area (Å²) in [5.74, 6) is -2.82. The summed E-state index contributed by atoms with van der Waals surface area (Å²) in [6, 6.07) is 0. The summed E-state index contributed by atoms with van der Waals surface area (Å²) in [4.78, 5) is 60.7. The Balaban J connectivity index is 2.22. The number of carbonyl (C=O) groups excluding carboxylic acids is 5. The first-order valence-electron chi connectivity index (χ1n) is 13.3. The number of methoxy groups -OCH3 is 2. The van der Waals surface area contributed by atoms with Gasteiger partial charge in [-0.1, -0.05) is 11.6 Å². The molecule has 0 aliphatic carbocycles. The first kappa shape index (κ1) is 34.2. The van der Waals surface area contributed by atoms with Gasteiger partial charge >= 0.3 is 29.8 Å². The van der Waals surface area contributed by atoms with Crippen LogP contribution in [0.1, 0.15) is 73.5 Å². The quantitative estimate of drug-likeness (QED) is 0.0975. The molecule has 2 rings (SSSR count). The van der Waals surface area contributed by atoms with E-state index < -0.39 is 42.7 Å². The SMILES string of the molecule is COC(=O)CC/C(C)=C/Cc1c(OC)c(C)c2c(c1OC(=O)CCC(=O)OC(COC(C)=O)COC(C)O)C(=O)OC2. The Morgan fingerprint density at radius 1 is 0.976 bits per heavy atom. The van der Waals surface area contributed by atoms with E-state index in [0.29, 0.717) is 28.9 Å². The minimum atomic E-state index is -1.14. The molecule has 42 heavy (non-hydrogen) atoms. The molecule has 13 heteroatoms. The average molecular weight is 595 g/mol. The summed E-state index contributed by atoms with van der Waals surface area (Å²) < 4.78 is 36.3. The highest BCUT2D eigenvalue weighted by molar-refractivity contribution is 5.99. The summed E-state index contributed by atoms with van der Waals surface area (Å²) in [5.41, 5.74) is 2.59. The molecule has 0 saturated heterocycles. The van der Waals surface area contributed by atoms with Crippen molar-refractivity contribution in [2.75, 3.05) is 27.4 Å². The van der Waals surface area contributed by atoms with Gasteiger partial charge in [-0.15, -0.1) is 0 Å². The van der Waals surface area contributed by atoms with Crippen LogP contribution in [0.15, 0.2) is 11.6 Å². The van der Waals surface area contributed by atoms with Gasteiger partial charge in [-0.3, -0.25) is 19.2 Å². The Morgan fingerprint density at radius 2 is 1.64 bits per heavy atom. The zero-order chi connectivity index (χ0) is 31.4. The molecule has 13 nitrogen and oxygen atoms in total. The number of allylic oxidation sites excluding steroid dienone is 2. The maximum Gasteiger partial charge on any atom is 0.342 e. The van der Waals surface area contributed by atoms with E-state index in [1.807, 2.05) is 13.0 Å². The van der Waals surface area contributed by atoms with Gasteiger partial charge in [0.25, 0.3) is 0 Å². The predicted octanol–water partition coefficient (Wildman–Crippen LogP) is 2.63. The van der Waals surface area contributed by atoms with E-state index in [0.717, 1.165) is 5.57 Å². The molecule has 232 valence electrons. The Morgan fingerprint density at radius 3 is 2.26 bits per heavy atom. The fourth-order valence-electron chi connectivity index (χ4n) is 4.09. The van der Waals surface area contributed by atoms with Gasteiger partial charge in [0.1, 0.15) is 24.5 Å². The van der Waals surface area contributed by atoms with Gasteiger partial charge in [0.05, 0.1) is 33.7 Å². The maximum atomic E-state index is 12.9. The molecule has 0 amide bonds. The second-order valence-electron chi connectivity index (χ2n) is 9.55. The molecule has 1 heterocycles. The molecule has 2 unspecified atom stereocenters. The van der Waals surface area contributed by atoms with Crippen LogP contribution in [0.3, 0.4) is 0 Å². The number of rotatable bonds is 16. The lowest BCUT2D eigenvalue weighted by molar-refractivity contribution is -0.170. The van der Waals surface area contributed by atoms with Crippen LogP contribution >= 0.6 is 0 Å². The molecule has 1 N–H and O–H groups in total. The van der Waals surface area contributed by atoms with Crippen molar-refractivity contribution in [1.29, 1.82) is 0 Å². The number of ether oxygens (including phenoxy) is 7. The Hall–Kier alpha value is -3.97. The Labute approximate surface area is 244 Å². The number of hydrogen-bond acceptors (Lipinski definition) is 13. The van der Waals surface area contributed by atoms with E-state index in [9.17, 15) is 29.1 Å². The number of aliphatic hydroxyl groups excluding tert-OH is 1. The van der Waals surface area contributed by atoms with Crippen molar-refractivity contribution in [3.05, 3.63) is 33.9 Å². The van der Waals surface area contributed by atoms with E-state index in [1.165, 1.54) is 28.1 Å². The monoisotopic (exact) mass is 594 g/mol. The van der Waals surface area contributed by atoms with Crippen LogP contribution in [-0.4, -0.2) is 74.8 Å². The highest BCUT2D eigenvalue weighted by Crippen LogP contribution is 2.43. The molecule has 0 spiro atoms. The Kier molecular flexibility index (Phi) is 13.4. The minimum absolute atomic E-state index is 0.0141. The fraction of sp³-hybridized carbons (Fsp3) is 0.552. The molecule has 0 fully saturated rings.